The van der Waals surface area contributed by atoms with Gasteiger partial charge in [-0.05, 0) is 0 Å². The smallest absolute Gasteiger partial charge is 0.269 e. The van der Waals surface area contributed by atoms with Crippen LogP contribution in [0.1, 0.15) is 19.8 Å². The first kappa shape index (κ1) is 12.8. The predicted molar refractivity (Wildman–Crippen MR) is 36.1 cm³/mol. The molecule has 0 radical (unpaired) electrons. The SMILES string of the molecule is CCC1=[C]([Hf])CC=C1.F.F. The van der Waals surface area contributed by atoms with Crippen molar-refractivity contribution in [2.24, 2.45) is 0 Å². The predicted octanol–water partition coefficient (Wildman–Crippen LogP) is 2.46. The molecule has 0 atom stereocenters. The summed E-state index contributed by atoms with van der Waals surface area (Å²) in [5, 5.41) is 0. The van der Waals surface area contributed by atoms with Crippen molar-refractivity contribution in [2.45, 2.75) is 19.8 Å². The first-order valence-electron chi connectivity index (χ1n) is 2.94. The summed E-state index contributed by atoms with van der Waals surface area (Å²) in [6.45, 7) is 2.23. The van der Waals surface area contributed by atoms with Crippen LogP contribution in [0.5, 0.6) is 0 Å². The van der Waals surface area contributed by atoms with Crippen molar-refractivity contribution in [3.05, 3.63) is 21.1 Å². The fraction of sp³-hybridized carbons (Fsp3) is 0.429. The van der Waals surface area contributed by atoms with Crippen molar-refractivity contribution in [1.29, 1.82) is 0 Å². The van der Waals surface area contributed by atoms with Gasteiger partial charge in [0.1, 0.15) is 0 Å². The summed E-state index contributed by atoms with van der Waals surface area (Å²) in [6.07, 6.45) is 7.01. The third-order valence-corrected chi connectivity index (χ3v) is 3.30. The molecule has 3 heteroatoms. The van der Waals surface area contributed by atoms with E-state index in [1.807, 2.05) is 0 Å². The minimum absolute atomic E-state index is 0. The Bertz CT molecular complexity index is 150. The van der Waals surface area contributed by atoms with Crippen molar-refractivity contribution in [3.63, 3.8) is 0 Å². The summed E-state index contributed by atoms with van der Waals surface area (Å²) in [5.41, 5.74) is 1.59. The van der Waals surface area contributed by atoms with Crippen LogP contribution in [0.4, 0.5) is 9.41 Å². The van der Waals surface area contributed by atoms with Gasteiger partial charge in [-0.1, -0.05) is 0 Å². The van der Waals surface area contributed by atoms with Gasteiger partial charge < -0.3 is 0 Å². The molecule has 1 aliphatic rings. The maximum absolute atomic E-state index is 2.27. The molecule has 0 unspecified atom stereocenters. The number of rotatable bonds is 1. The van der Waals surface area contributed by atoms with Crippen LogP contribution in [0.25, 0.3) is 0 Å². The van der Waals surface area contributed by atoms with Gasteiger partial charge in [-0.3, -0.25) is 9.41 Å². The van der Waals surface area contributed by atoms with Gasteiger partial charge in [0.15, 0.2) is 0 Å². The molecule has 0 amide bonds. The molecule has 0 heterocycles. The van der Waals surface area contributed by atoms with E-state index in [0.717, 1.165) is 0 Å². The van der Waals surface area contributed by atoms with Gasteiger partial charge in [0.05, 0.1) is 0 Å². The summed E-state index contributed by atoms with van der Waals surface area (Å²) in [4.78, 5) is 0. The van der Waals surface area contributed by atoms with E-state index in [9.17, 15) is 0 Å². The number of halogens is 2. The van der Waals surface area contributed by atoms with Crippen LogP contribution in [-0.2, 0) is 24.4 Å². The first-order chi connectivity index (χ1) is 3.84. The molecule has 57 valence electrons. The number of allylic oxidation sites excluding steroid dienone is 4. The molecule has 0 spiro atoms. The van der Waals surface area contributed by atoms with Gasteiger partial charge in [0.25, 0.3) is 0 Å². The molecular formula is C7H11F2Hf. The molecule has 0 aromatic carbocycles. The van der Waals surface area contributed by atoms with Crippen molar-refractivity contribution < 1.29 is 33.8 Å². The monoisotopic (exact) mass is 313 g/mol. The summed E-state index contributed by atoms with van der Waals surface area (Å²) in [7, 11) is 0. The van der Waals surface area contributed by atoms with Crippen LogP contribution in [0, 0.1) is 0 Å². The van der Waals surface area contributed by atoms with Crippen LogP contribution >= 0.6 is 0 Å². The van der Waals surface area contributed by atoms with Crippen molar-refractivity contribution in [1.82, 2.24) is 0 Å². The zero-order valence-corrected chi connectivity index (χ0v) is 9.48. The minimum atomic E-state index is 0. The molecular weight excluding hydrogens is 301 g/mol. The molecule has 10 heavy (non-hydrogen) atoms. The molecule has 0 saturated carbocycles. The van der Waals surface area contributed by atoms with E-state index in [0.29, 0.717) is 0 Å². The molecule has 0 aromatic rings. The molecule has 0 fully saturated rings. The second-order valence-electron chi connectivity index (χ2n) is 1.96. The van der Waals surface area contributed by atoms with Gasteiger partial charge in [-0.2, -0.15) is 0 Å². The van der Waals surface area contributed by atoms with Crippen molar-refractivity contribution in [2.75, 3.05) is 0 Å². The van der Waals surface area contributed by atoms with Gasteiger partial charge in [-0.15, -0.1) is 0 Å². The Balaban J connectivity index is 0. The van der Waals surface area contributed by atoms with Gasteiger partial charge in [0, 0.05) is 0 Å². The van der Waals surface area contributed by atoms with Crippen molar-refractivity contribution >= 4 is 0 Å². The summed E-state index contributed by atoms with van der Waals surface area (Å²) < 4.78 is 1.69. The topological polar surface area (TPSA) is 0 Å². The van der Waals surface area contributed by atoms with Crippen LogP contribution in [-0.4, -0.2) is 0 Å². The largest absolute Gasteiger partial charge is 0.269 e. The van der Waals surface area contributed by atoms with Crippen molar-refractivity contribution in [3.8, 4) is 0 Å². The summed E-state index contributed by atoms with van der Waals surface area (Å²) in [5.74, 6) is 0. The fourth-order valence-electron chi connectivity index (χ4n) is 0.882. The van der Waals surface area contributed by atoms with Gasteiger partial charge in [-0.25, -0.2) is 0 Å². The molecule has 0 bridgehead atoms. The van der Waals surface area contributed by atoms with Crippen LogP contribution < -0.4 is 0 Å². The molecule has 0 saturated heterocycles. The maximum Gasteiger partial charge on any atom is -0.269 e. The standard InChI is InChI=1S/C7H9.2FH.Hf/c1-2-7-5-3-4-6-7;;;/h3,5H,2,4H2,1H3;2*1H;. The van der Waals surface area contributed by atoms with Crippen LogP contribution in [0.3, 0.4) is 0 Å². The van der Waals surface area contributed by atoms with E-state index in [4.69, 9.17) is 0 Å². The normalized spacial score (nSPS) is 14.4. The Kier molecular flexibility index (Phi) is 7.65. The molecule has 0 aliphatic heterocycles. The molecule has 0 nitrogen and oxygen atoms in total. The van der Waals surface area contributed by atoms with E-state index in [-0.39, 0.29) is 9.41 Å². The van der Waals surface area contributed by atoms with Gasteiger partial charge in [0.2, 0.25) is 0 Å². The Hall–Kier alpha value is 0.210. The van der Waals surface area contributed by atoms with E-state index < -0.39 is 0 Å². The first-order valence-corrected chi connectivity index (χ1v) is 4.74. The molecule has 1 rings (SSSR count). The number of hydrogen-bond acceptors (Lipinski definition) is 0. The molecule has 0 aromatic heterocycles. The fourth-order valence-corrected chi connectivity index (χ4v) is 2.24. The van der Waals surface area contributed by atoms with Crippen LogP contribution in [0.2, 0.25) is 0 Å². The van der Waals surface area contributed by atoms with E-state index in [2.05, 4.69) is 19.1 Å². The summed E-state index contributed by atoms with van der Waals surface area (Å²) in [6, 6.07) is 0. The van der Waals surface area contributed by atoms with Crippen LogP contribution in [0.15, 0.2) is 21.1 Å². The second kappa shape index (κ2) is 5.96. The zero-order valence-electron chi connectivity index (χ0n) is 5.89. The minimum Gasteiger partial charge on any atom is -0.269 e. The Morgan fingerprint density at radius 2 is 2.10 bits per heavy atom. The molecule has 1 aliphatic carbocycles. The Labute approximate surface area is 74.7 Å². The van der Waals surface area contributed by atoms with E-state index >= 15 is 0 Å². The van der Waals surface area contributed by atoms with E-state index in [1.54, 1.807) is 8.90 Å². The molecule has 0 N–H and O–H groups in total. The maximum atomic E-state index is 2.27. The third kappa shape index (κ3) is 2.86. The third-order valence-electron chi connectivity index (χ3n) is 1.41. The average Bonchev–Trinajstić information content (AvgIpc) is 2.14. The quantitative estimate of drug-likeness (QED) is 0.653. The second-order valence-corrected chi connectivity index (χ2v) is 4.13. The Morgan fingerprint density at radius 3 is 2.30 bits per heavy atom. The summed E-state index contributed by atoms with van der Waals surface area (Å²) >= 11 is 1.26. The number of hydrogen-bond donors (Lipinski definition) is 0. The van der Waals surface area contributed by atoms with E-state index in [1.165, 1.54) is 37.2 Å². The zero-order chi connectivity index (χ0) is 5.98. The average molecular weight is 312 g/mol. The Morgan fingerprint density at radius 1 is 1.50 bits per heavy atom. The van der Waals surface area contributed by atoms with Gasteiger partial charge >= 0.3 is 65.2 Å².